The lowest BCUT2D eigenvalue weighted by molar-refractivity contribution is -0.152. The molecule has 1 aliphatic heterocycles. The van der Waals surface area contributed by atoms with Crippen molar-refractivity contribution in [1.29, 1.82) is 0 Å². The second kappa shape index (κ2) is 21.3. The molecule has 1 heterocycles. The Morgan fingerprint density at radius 2 is 1.51 bits per heavy atom. The summed E-state index contributed by atoms with van der Waals surface area (Å²) in [5, 5.41) is 11.0. The maximum atomic E-state index is 12.4. The number of phosphoric ester groups is 2. The van der Waals surface area contributed by atoms with Crippen molar-refractivity contribution < 1.29 is 61.9 Å². The van der Waals surface area contributed by atoms with Gasteiger partial charge in [-0.05, 0) is 17.9 Å². The second-order valence-electron chi connectivity index (χ2n) is 10.1. The van der Waals surface area contributed by atoms with Gasteiger partial charge in [-0.15, -0.1) is 0 Å². The van der Waals surface area contributed by atoms with Crippen molar-refractivity contribution in [3.63, 3.8) is 0 Å². The molecule has 0 spiro atoms. The summed E-state index contributed by atoms with van der Waals surface area (Å²) < 4.78 is 40.0. The average molecular weight is 639 g/mol. The summed E-state index contributed by atoms with van der Waals surface area (Å²) in [6.07, 6.45) is 5.92. The Balaban J connectivity index is -0.000000750. The first-order valence-corrected chi connectivity index (χ1v) is 16.3. The predicted octanol–water partition coefficient (Wildman–Crippen LogP) is 3.27. The first kappa shape index (κ1) is 44.1. The Bertz CT molecular complexity index is 856. The summed E-state index contributed by atoms with van der Waals surface area (Å²) in [5.41, 5.74) is 4.29. The molecule has 0 saturated heterocycles. The Hall–Kier alpha value is -1.38. The van der Waals surface area contributed by atoms with E-state index in [1.807, 2.05) is 54.5 Å². The highest BCUT2D eigenvalue weighted by molar-refractivity contribution is 7.46. The van der Waals surface area contributed by atoms with Crippen molar-refractivity contribution in [2.24, 2.45) is 16.6 Å². The Morgan fingerprint density at radius 3 is 1.88 bits per heavy atom. The number of nitrogens with two attached hydrogens (primary N) is 1. The number of ether oxygens (including phenoxy) is 2. The number of rotatable bonds is 14. The summed E-state index contributed by atoms with van der Waals surface area (Å²) in [7, 11) is -9.31. The summed E-state index contributed by atoms with van der Waals surface area (Å²) in [4.78, 5) is 56.4. The van der Waals surface area contributed by atoms with E-state index in [0.29, 0.717) is 0 Å². The maximum absolute atomic E-state index is 12.4. The van der Waals surface area contributed by atoms with Gasteiger partial charge in [0.05, 0.1) is 26.1 Å². The summed E-state index contributed by atoms with van der Waals surface area (Å²) in [6, 6.07) is -2.48. The molecule has 1 aliphatic rings. The molecule has 246 valence electrons. The Kier molecular flexibility index (Phi) is 22.9. The van der Waals surface area contributed by atoms with E-state index >= 15 is 0 Å². The number of aliphatic carboxylic acids is 1. The number of carbonyl (C=O) groups excluding carboxylic acids is 1. The third-order valence-electron chi connectivity index (χ3n) is 4.71. The van der Waals surface area contributed by atoms with E-state index in [1.165, 1.54) is 12.7 Å². The number of phosphoric acid groups is 2. The minimum Gasteiger partial charge on any atom is -0.482 e. The van der Waals surface area contributed by atoms with Gasteiger partial charge in [-0.25, -0.2) is 9.13 Å². The fourth-order valence-corrected chi connectivity index (χ4v) is 3.41. The fourth-order valence-electron chi connectivity index (χ4n) is 2.71. The third kappa shape index (κ3) is 24.9. The minimum absolute atomic E-state index is 0.177. The zero-order chi connectivity index (χ0) is 33.1. The normalized spacial score (nSPS) is 17.3. The van der Waals surface area contributed by atoms with Crippen LogP contribution < -0.4 is 11.1 Å². The molecular formula is C24H52N2O13P2. The number of hydrogen-bond donors (Lipinski definition) is 7. The van der Waals surface area contributed by atoms with E-state index in [9.17, 15) is 18.7 Å². The predicted molar refractivity (Wildman–Crippen MR) is 153 cm³/mol. The number of carboxylic acid groups (broad SMARTS) is 1. The number of hydrogen-bond acceptors (Lipinski definition) is 10. The molecule has 0 fully saturated rings. The number of carboxylic acids is 1. The molecule has 1 rings (SSSR count). The topological polar surface area (TPSA) is 244 Å². The van der Waals surface area contributed by atoms with Gasteiger partial charge in [0.1, 0.15) is 12.1 Å². The molecule has 0 aromatic heterocycles. The number of nitrogens with one attached hydrogen (secondary N) is 1. The van der Waals surface area contributed by atoms with Crippen LogP contribution in [0.15, 0.2) is 12.3 Å². The fraction of sp³-hybridized carbons (Fsp3) is 0.833. The Labute approximate surface area is 243 Å². The van der Waals surface area contributed by atoms with Crippen LogP contribution in [0.3, 0.4) is 0 Å². The van der Waals surface area contributed by atoms with Gasteiger partial charge in [0.2, 0.25) is 0 Å². The van der Waals surface area contributed by atoms with Crippen LogP contribution >= 0.6 is 15.6 Å². The molecule has 3 unspecified atom stereocenters. The van der Waals surface area contributed by atoms with Crippen LogP contribution in [-0.2, 0) is 37.2 Å². The smallest absolute Gasteiger partial charge is 0.469 e. The molecule has 0 aliphatic carbocycles. The quantitative estimate of drug-likeness (QED) is 0.107. The van der Waals surface area contributed by atoms with Crippen molar-refractivity contribution >= 4 is 27.6 Å². The lowest BCUT2D eigenvalue weighted by Crippen LogP contribution is -2.51. The molecule has 41 heavy (non-hydrogen) atoms. The highest BCUT2D eigenvalue weighted by Gasteiger charge is 2.37. The van der Waals surface area contributed by atoms with E-state index < -0.39 is 59.1 Å². The Morgan fingerprint density at radius 1 is 1.05 bits per heavy atom. The number of esters is 1. The molecular weight excluding hydrogens is 586 g/mol. The first-order valence-electron chi connectivity index (χ1n) is 13.2. The summed E-state index contributed by atoms with van der Waals surface area (Å²) >= 11 is 0. The van der Waals surface area contributed by atoms with Gasteiger partial charge in [0.25, 0.3) is 0 Å². The van der Waals surface area contributed by atoms with Crippen LogP contribution in [-0.4, -0.2) is 74.8 Å². The SMILES string of the molecule is CC.CCC.CCCC(C)(C)COC(=O)C(COP(=O)(O)O)NC1OC=CC1(C)C.NC(COP(=O)(O)O)C(=O)O. The van der Waals surface area contributed by atoms with Gasteiger partial charge in [0.15, 0.2) is 6.23 Å². The van der Waals surface area contributed by atoms with Gasteiger partial charge in [-0.2, -0.15) is 0 Å². The third-order valence-corrected chi connectivity index (χ3v) is 5.68. The lowest BCUT2D eigenvalue weighted by Gasteiger charge is -2.30. The molecule has 0 amide bonds. The van der Waals surface area contributed by atoms with Crippen molar-refractivity contribution in [3.8, 4) is 0 Å². The van der Waals surface area contributed by atoms with Crippen molar-refractivity contribution in [2.45, 2.75) is 99.9 Å². The van der Waals surface area contributed by atoms with Crippen LogP contribution in [0.1, 0.15) is 81.6 Å². The van der Waals surface area contributed by atoms with E-state index in [4.69, 9.17) is 39.9 Å². The molecule has 0 aromatic rings. The van der Waals surface area contributed by atoms with Crippen LogP contribution in [0, 0.1) is 10.8 Å². The zero-order valence-electron chi connectivity index (χ0n) is 25.6. The maximum Gasteiger partial charge on any atom is 0.469 e. The van der Waals surface area contributed by atoms with Gasteiger partial charge in [0, 0.05) is 5.41 Å². The van der Waals surface area contributed by atoms with Gasteiger partial charge in [-0.1, -0.05) is 75.2 Å². The van der Waals surface area contributed by atoms with Crippen molar-refractivity contribution in [3.05, 3.63) is 12.3 Å². The molecule has 0 radical (unpaired) electrons. The molecule has 15 nitrogen and oxygen atoms in total. The van der Waals surface area contributed by atoms with Crippen molar-refractivity contribution in [2.75, 3.05) is 19.8 Å². The molecule has 8 N–H and O–H groups in total. The molecule has 0 bridgehead atoms. The van der Waals surface area contributed by atoms with E-state index in [1.54, 1.807) is 0 Å². The average Bonchev–Trinajstić information content (AvgIpc) is 3.17. The van der Waals surface area contributed by atoms with Gasteiger partial charge < -0.3 is 39.9 Å². The van der Waals surface area contributed by atoms with Crippen LogP contribution in [0.5, 0.6) is 0 Å². The number of carbonyl (C=O) groups is 2. The van der Waals surface area contributed by atoms with Crippen LogP contribution in [0.2, 0.25) is 0 Å². The zero-order valence-corrected chi connectivity index (χ0v) is 27.4. The first-order chi connectivity index (χ1) is 18.6. The summed E-state index contributed by atoms with van der Waals surface area (Å²) in [6.45, 7) is 17.1. The molecule has 0 aromatic carbocycles. The standard InChI is InChI=1S/C16H30NO7P.C3H8NO6P.C3H8.C2H6/c1-6-7-15(2,3)11-23-13(18)12(10-24-25(19,20)21)17-14-16(4,5)8-9-22-14;4-2(3(5)6)1-10-11(7,8)9;1-3-2;1-2/h8-9,12,14,17H,6-7,10-11H2,1-5H3,(H2,19,20,21);2H,1,4H2,(H,5,6)(H2,7,8,9);3H2,1-2H3;1-2H3. The van der Waals surface area contributed by atoms with Crippen molar-refractivity contribution in [1.82, 2.24) is 5.32 Å². The van der Waals surface area contributed by atoms with Crippen LogP contribution in [0.4, 0.5) is 0 Å². The van der Waals surface area contributed by atoms with E-state index in [-0.39, 0.29) is 17.4 Å². The van der Waals surface area contributed by atoms with E-state index in [2.05, 4.69) is 28.2 Å². The highest BCUT2D eigenvalue weighted by Crippen LogP contribution is 2.36. The van der Waals surface area contributed by atoms with Crippen LogP contribution in [0.25, 0.3) is 0 Å². The van der Waals surface area contributed by atoms with Gasteiger partial charge in [-0.3, -0.25) is 24.0 Å². The van der Waals surface area contributed by atoms with E-state index in [0.717, 1.165) is 12.8 Å². The highest BCUT2D eigenvalue weighted by atomic mass is 31.2. The largest absolute Gasteiger partial charge is 0.482 e. The lowest BCUT2D eigenvalue weighted by atomic mass is 9.89. The monoisotopic (exact) mass is 638 g/mol. The molecule has 17 heteroatoms. The molecule has 3 atom stereocenters. The van der Waals surface area contributed by atoms with Gasteiger partial charge >= 0.3 is 27.6 Å². The molecule has 0 saturated carbocycles. The second-order valence-corrected chi connectivity index (χ2v) is 12.6. The summed E-state index contributed by atoms with van der Waals surface area (Å²) in [5.74, 6) is -2.01. The minimum atomic E-state index is -4.70.